The van der Waals surface area contributed by atoms with Gasteiger partial charge >= 0.3 is 12.1 Å². The van der Waals surface area contributed by atoms with Crippen LogP contribution in [0.5, 0.6) is 0 Å². The molecule has 1 aliphatic heterocycles. The van der Waals surface area contributed by atoms with Crippen molar-refractivity contribution in [3.8, 4) is 0 Å². The minimum atomic E-state index is -0.775. The monoisotopic (exact) mass is 214 g/mol. The molecule has 0 aromatic carbocycles. The lowest BCUT2D eigenvalue weighted by Gasteiger charge is -2.09. The Morgan fingerprint density at radius 1 is 1.67 bits per heavy atom. The highest BCUT2D eigenvalue weighted by Gasteiger charge is 2.31. The first-order valence-electron chi connectivity index (χ1n) is 4.84. The molecule has 1 unspecified atom stereocenters. The molecule has 84 valence electrons. The van der Waals surface area contributed by atoms with Gasteiger partial charge in [0.2, 0.25) is 0 Å². The van der Waals surface area contributed by atoms with E-state index in [0.29, 0.717) is 6.61 Å². The quantitative estimate of drug-likeness (QED) is 0.393. The lowest BCUT2D eigenvalue weighted by atomic mass is 10.2. The molecule has 5 nitrogen and oxygen atoms in total. The van der Waals surface area contributed by atoms with Crippen molar-refractivity contribution < 1.29 is 23.8 Å². The maximum Gasteiger partial charge on any atom is 0.509 e. The van der Waals surface area contributed by atoms with Gasteiger partial charge in [0.25, 0.3) is 0 Å². The summed E-state index contributed by atoms with van der Waals surface area (Å²) >= 11 is 0. The molecule has 0 radical (unpaired) electrons. The molecule has 1 saturated heterocycles. The molecule has 1 heterocycles. The molecule has 0 aromatic heterocycles. The van der Waals surface area contributed by atoms with E-state index in [9.17, 15) is 9.59 Å². The summed E-state index contributed by atoms with van der Waals surface area (Å²) in [5.74, 6) is -0.535. The van der Waals surface area contributed by atoms with Crippen molar-refractivity contribution >= 4 is 12.1 Å². The Balaban J connectivity index is 2.33. The Hall–Kier alpha value is -1.52. The summed E-state index contributed by atoms with van der Waals surface area (Å²) < 4.78 is 14.1. The number of cyclic esters (lactones) is 2. The molecule has 1 rings (SSSR count). The van der Waals surface area contributed by atoms with Gasteiger partial charge in [0.1, 0.15) is 6.61 Å². The Kier molecular flexibility index (Phi) is 4.15. The van der Waals surface area contributed by atoms with Crippen molar-refractivity contribution in [2.45, 2.75) is 25.9 Å². The zero-order valence-electron chi connectivity index (χ0n) is 8.65. The van der Waals surface area contributed by atoms with Gasteiger partial charge in [0.05, 0.1) is 12.2 Å². The van der Waals surface area contributed by atoms with Gasteiger partial charge in [-0.15, -0.1) is 0 Å². The number of unbranched alkanes of at least 4 members (excludes halogenated alkanes) is 1. The fourth-order valence-electron chi connectivity index (χ4n) is 1.03. The van der Waals surface area contributed by atoms with Gasteiger partial charge in [-0.1, -0.05) is 19.9 Å². The van der Waals surface area contributed by atoms with Crippen LogP contribution in [-0.2, 0) is 19.0 Å². The van der Waals surface area contributed by atoms with E-state index in [1.54, 1.807) is 0 Å². The van der Waals surface area contributed by atoms with Gasteiger partial charge in [0.15, 0.2) is 6.10 Å². The Morgan fingerprint density at radius 2 is 2.40 bits per heavy atom. The summed E-state index contributed by atoms with van der Waals surface area (Å²) in [4.78, 5) is 21.9. The minimum absolute atomic E-state index is 0.0283. The molecule has 0 N–H and O–H groups in total. The SMILES string of the molecule is C=C(C(=O)OCCCC)C1COC(=O)O1. The molecule has 1 aliphatic rings. The standard InChI is InChI=1S/C10H14O5/c1-3-4-5-13-9(11)7(2)8-6-14-10(12)15-8/h8H,2-6H2,1H3. The summed E-state index contributed by atoms with van der Waals surface area (Å²) in [6.07, 6.45) is 0.274. The van der Waals surface area contributed by atoms with Crippen LogP contribution in [0.3, 0.4) is 0 Å². The number of hydrogen-bond donors (Lipinski definition) is 0. The average molecular weight is 214 g/mol. The average Bonchev–Trinajstić information content (AvgIpc) is 2.64. The molecule has 0 spiro atoms. The topological polar surface area (TPSA) is 61.8 Å². The van der Waals surface area contributed by atoms with Crippen LogP contribution in [0.25, 0.3) is 0 Å². The molecule has 0 amide bonds. The second-order valence-corrected chi connectivity index (χ2v) is 3.18. The van der Waals surface area contributed by atoms with Gasteiger partial charge in [-0.2, -0.15) is 0 Å². The largest absolute Gasteiger partial charge is 0.509 e. The summed E-state index contributed by atoms with van der Waals surface area (Å²) in [5.41, 5.74) is 0.122. The van der Waals surface area contributed by atoms with Crippen LogP contribution >= 0.6 is 0 Å². The first-order chi connectivity index (χ1) is 7.15. The highest BCUT2D eigenvalue weighted by Crippen LogP contribution is 2.14. The first kappa shape index (κ1) is 11.6. The molecule has 5 heteroatoms. The van der Waals surface area contributed by atoms with E-state index in [-0.39, 0.29) is 12.2 Å². The second kappa shape index (κ2) is 5.38. The van der Waals surface area contributed by atoms with E-state index in [4.69, 9.17) is 4.74 Å². The number of hydrogen-bond acceptors (Lipinski definition) is 5. The predicted molar refractivity (Wildman–Crippen MR) is 51.2 cm³/mol. The van der Waals surface area contributed by atoms with E-state index >= 15 is 0 Å². The zero-order valence-corrected chi connectivity index (χ0v) is 8.65. The highest BCUT2D eigenvalue weighted by molar-refractivity contribution is 5.89. The van der Waals surface area contributed by atoms with Gasteiger partial charge in [-0.05, 0) is 6.42 Å². The summed E-state index contributed by atoms with van der Waals surface area (Å²) in [6.45, 7) is 5.90. The zero-order chi connectivity index (χ0) is 11.3. The second-order valence-electron chi connectivity index (χ2n) is 3.18. The van der Waals surface area contributed by atoms with Crippen molar-refractivity contribution in [3.63, 3.8) is 0 Å². The molecular formula is C10H14O5. The summed E-state index contributed by atoms with van der Waals surface area (Å²) in [5, 5.41) is 0. The molecule has 1 fully saturated rings. The van der Waals surface area contributed by atoms with Crippen molar-refractivity contribution in [3.05, 3.63) is 12.2 Å². The van der Waals surface area contributed by atoms with Crippen LogP contribution in [0.15, 0.2) is 12.2 Å². The van der Waals surface area contributed by atoms with Crippen molar-refractivity contribution in [1.82, 2.24) is 0 Å². The van der Waals surface area contributed by atoms with E-state index in [0.717, 1.165) is 12.8 Å². The molecule has 0 aliphatic carbocycles. The van der Waals surface area contributed by atoms with Gasteiger partial charge < -0.3 is 14.2 Å². The lowest BCUT2D eigenvalue weighted by molar-refractivity contribution is -0.140. The maximum atomic E-state index is 11.3. The Bertz CT molecular complexity index is 271. The van der Waals surface area contributed by atoms with Crippen LogP contribution < -0.4 is 0 Å². The van der Waals surface area contributed by atoms with Crippen molar-refractivity contribution in [1.29, 1.82) is 0 Å². The van der Waals surface area contributed by atoms with Crippen LogP contribution in [-0.4, -0.2) is 31.4 Å². The molecule has 1 atom stereocenters. The summed E-state index contributed by atoms with van der Waals surface area (Å²) in [7, 11) is 0. The minimum Gasteiger partial charge on any atom is -0.462 e. The highest BCUT2D eigenvalue weighted by atomic mass is 16.8. The van der Waals surface area contributed by atoms with E-state index in [1.165, 1.54) is 0 Å². The van der Waals surface area contributed by atoms with Gasteiger partial charge in [-0.25, -0.2) is 9.59 Å². The van der Waals surface area contributed by atoms with Crippen LogP contribution in [0.2, 0.25) is 0 Å². The Labute approximate surface area is 88.0 Å². The third-order valence-electron chi connectivity index (χ3n) is 1.97. The summed E-state index contributed by atoms with van der Waals surface area (Å²) in [6, 6.07) is 0. The van der Waals surface area contributed by atoms with Crippen LogP contribution in [0.1, 0.15) is 19.8 Å². The van der Waals surface area contributed by atoms with E-state index in [1.807, 2.05) is 6.92 Å². The molecule has 0 saturated carbocycles. The van der Waals surface area contributed by atoms with Gasteiger partial charge in [-0.3, -0.25) is 0 Å². The molecule has 0 bridgehead atoms. The van der Waals surface area contributed by atoms with Crippen LogP contribution in [0, 0.1) is 0 Å². The van der Waals surface area contributed by atoms with E-state index < -0.39 is 18.2 Å². The number of esters is 1. The van der Waals surface area contributed by atoms with Crippen molar-refractivity contribution in [2.75, 3.05) is 13.2 Å². The first-order valence-corrected chi connectivity index (χ1v) is 4.84. The van der Waals surface area contributed by atoms with Gasteiger partial charge in [0, 0.05) is 0 Å². The van der Waals surface area contributed by atoms with E-state index in [2.05, 4.69) is 16.1 Å². The smallest absolute Gasteiger partial charge is 0.462 e. The molecular weight excluding hydrogens is 200 g/mol. The number of carbonyl (C=O) groups is 2. The number of carbonyl (C=O) groups excluding carboxylic acids is 2. The number of ether oxygens (including phenoxy) is 3. The maximum absolute atomic E-state index is 11.3. The van der Waals surface area contributed by atoms with Crippen molar-refractivity contribution in [2.24, 2.45) is 0 Å². The number of rotatable bonds is 5. The normalized spacial score (nSPS) is 19.3. The fourth-order valence-corrected chi connectivity index (χ4v) is 1.03. The molecule has 15 heavy (non-hydrogen) atoms. The molecule has 0 aromatic rings. The Morgan fingerprint density at radius 3 is 2.93 bits per heavy atom. The lowest BCUT2D eigenvalue weighted by Crippen LogP contribution is -2.21. The van der Waals surface area contributed by atoms with Crippen LogP contribution in [0.4, 0.5) is 4.79 Å². The fraction of sp³-hybridized carbons (Fsp3) is 0.600. The third kappa shape index (κ3) is 3.27. The third-order valence-corrected chi connectivity index (χ3v) is 1.97. The predicted octanol–water partition coefficient (Wildman–Crippen LogP) is 1.42.